The zero-order valence-electron chi connectivity index (χ0n) is 13.4. The van der Waals surface area contributed by atoms with Crippen LogP contribution in [-0.2, 0) is 4.74 Å². The fourth-order valence-electron chi connectivity index (χ4n) is 2.14. The predicted octanol–water partition coefficient (Wildman–Crippen LogP) is 3.17. The minimum atomic E-state index is -0.105. The Labute approximate surface area is 122 Å². The first-order valence-electron chi connectivity index (χ1n) is 6.91. The molecule has 0 spiro atoms. The average Bonchev–Trinajstić information content (AvgIpc) is 2.47. The molecule has 1 atom stereocenters. The summed E-state index contributed by atoms with van der Waals surface area (Å²) in [5, 5.41) is 3.35. The van der Waals surface area contributed by atoms with E-state index in [4.69, 9.17) is 14.2 Å². The quantitative estimate of drug-likeness (QED) is 0.794. The Balaban J connectivity index is 2.84. The molecule has 0 saturated heterocycles. The molecule has 20 heavy (non-hydrogen) atoms. The first-order chi connectivity index (χ1) is 9.47. The van der Waals surface area contributed by atoms with Crippen LogP contribution in [0.3, 0.4) is 0 Å². The van der Waals surface area contributed by atoms with Gasteiger partial charge in [0.25, 0.3) is 0 Å². The Hall–Kier alpha value is -1.26. The standard InChI is InChI=1S/C16H27NO3/c1-16(2,20-6)10-9-13(17-3)12-7-8-14(18-4)15(11-12)19-5/h7-8,11,13,17H,9-10H2,1-6H3. The first kappa shape index (κ1) is 16.8. The molecule has 0 amide bonds. The zero-order valence-corrected chi connectivity index (χ0v) is 13.4. The Morgan fingerprint density at radius 3 is 2.25 bits per heavy atom. The van der Waals surface area contributed by atoms with Gasteiger partial charge in [-0.25, -0.2) is 0 Å². The molecule has 4 heteroatoms. The summed E-state index contributed by atoms with van der Waals surface area (Å²) < 4.78 is 16.1. The van der Waals surface area contributed by atoms with Crippen molar-refractivity contribution in [2.24, 2.45) is 0 Å². The van der Waals surface area contributed by atoms with Crippen LogP contribution in [-0.4, -0.2) is 34.0 Å². The van der Waals surface area contributed by atoms with Crippen LogP contribution in [0.2, 0.25) is 0 Å². The van der Waals surface area contributed by atoms with Gasteiger partial charge in [0.2, 0.25) is 0 Å². The minimum absolute atomic E-state index is 0.105. The molecule has 0 saturated carbocycles. The fraction of sp³-hybridized carbons (Fsp3) is 0.625. The number of hydrogen-bond acceptors (Lipinski definition) is 4. The van der Waals surface area contributed by atoms with Crippen LogP contribution < -0.4 is 14.8 Å². The third kappa shape index (κ3) is 4.39. The molecule has 1 rings (SSSR count). The Kier molecular flexibility index (Phi) is 6.30. The molecule has 0 fully saturated rings. The van der Waals surface area contributed by atoms with Gasteiger partial charge in [0, 0.05) is 13.2 Å². The van der Waals surface area contributed by atoms with Gasteiger partial charge in [-0.05, 0) is 51.4 Å². The molecule has 4 nitrogen and oxygen atoms in total. The van der Waals surface area contributed by atoms with Crippen LogP contribution in [0.4, 0.5) is 0 Å². The summed E-state index contributed by atoms with van der Waals surface area (Å²) in [6, 6.07) is 6.31. The van der Waals surface area contributed by atoms with E-state index >= 15 is 0 Å². The van der Waals surface area contributed by atoms with E-state index in [0.717, 1.165) is 24.3 Å². The van der Waals surface area contributed by atoms with Crippen molar-refractivity contribution in [2.45, 2.75) is 38.3 Å². The largest absolute Gasteiger partial charge is 0.493 e. The summed E-state index contributed by atoms with van der Waals surface area (Å²) in [5.74, 6) is 1.51. The molecule has 114 valence electrons. The summed E-state index contributed by atoms with van der Waals surface area (Å²) in [7, 11) is 7.03. The number of hydrogen-bond donors (Lipinski definition) is 1. The second-order valence-electron chi connectivity index (χ2n) is 5.46. The van der Waals surface area contributed by atoms with Crippen molar-refractivity contribution in [1.29, 1.82) is 0 Å². The highest BCUT2D eigenvalue weighted by Crippen LogP contribution is 2.32. The van der Waals surface area contributed by atoms with Gasteiger partial charge in [-0.15, -0.1) is 0 Å². The topological polar surface area (TPSA) is 39.7 Å². The molecule has 1 unspecified atom stereocenters. The molecular formula is C16H27NO3. The fourth-order valence-corrected chi connectivity index (χ4v) is 2.14. The van der Waals surface area contributed by atoms with Crippen molar-refractivity contribution in [2.75, 3.05) is 28.4 Å². The van der Waals surface area contributed by atoms with Crippen LogP contribution in [0.15, 0.2) is 18.2 Å². The van der Waals surface area contributed by atoms with E-state index in [0.29, 0.717) is 0 Å². The van der Waals surface area contributed by atoms with Gasteiger partial charge in [0.15, 0.2) is 11.5 Å². The maximum absolute atomic E-state index is 5.48. The van der Waals surface area contributed by atoms with Gasteiger partial charge >= 0.3 is 0 Å². The highest BCUT2D eigenvalue weighted by molar-refractivity contribution is 5.43. The smallest absolute Gasteiger partial charge is 0.161 e. The third-order valence-corrected chi connectivity index (χ3v) is 3.75. The highest BCUT2D eigenvalue weighted by atomic mass is 16.5. The van der Waals surface area contributed by atoms with Crippen molar-refractivity contribution in [3.63, 3.8) is 0 Å². The first-order valence-corrected chi connectivity index (χ1v) is 6.91. The van der Waals surface area contributed by atoms with Crippen molar-refractivity contribution in [1.82, 2.24) is 5.32 Å². The van der Waals surface area contributed by atoms with Crippen LogP contribution >= 0.6 is 0 Å². The number of ether oxygens (including phenoxy) is 3. The highest BCUT2D eigenvalue weighted by Gasteiger charge is 2.20. The van der Waals surface area contributed by atoms with Gasteiger partial charge < -0.3 is 19.5 Å². The van der Waals surface area contributed by atoms with Gasteiger partial charge in [-0.3, -0.25) is 0 Å². The third-order valence-electron chi connectivity index (χ3n) is 3.75. The summed E-state index contributed by atoms with van der Waals surface area (Å²) in [6.07, 6.45) is 1.97. The lowest BCUT2D eigenvalue weighted by atomic mass is 9.95. The van der Waals surface area contributed by atoms with Gasteiger partial charge in [0.05, 0.1) is 19.8 Å². The lowest BCUT2D eigenvalue weighted by Crippen LogP contribution is -2.26. The van der Waals surface area contributed by atoms with Crippen LogP contribution in [0.5, 0.6) is 11.5 Å². The second kappa shape index (κ2) is 7.50. The monoisotopic (exact) mass is 281 g/mol. The molecule has 1 aromatic rings. The average molecular weight is 281 g/mol. The lowest BCUT2D eigenvalue weighted by Gasteiger charge is -2.26. The number of rotatable bonds is 8. The molecule has 0 aliphatic rings. The second-order valence-corrected chi connectivity index (χ2v) is 5.46. The van der Waals surface area contributed by atoms with Gasteiger partial charge in [0.1, 0.15) is 0 Å². The Bertz CT molecular complexity index is 418. The number of benzene rings is 1. The minimum Gasteiger partial charge on any atom is -0.493 e. The van der Waals surface area contributed by atoms with Gasteiger partial charge in [-0.1, -0.05) is 6.07 Å². The lowest BCUT2D eigenvalue weighted by molar-refractivity contribution is 0.0118. The molecule has 0 heterocycles. The molecule has 0 bridgehead atoms. The van der Waals surface area contributed by atoms with Gasteiger partial charge in [-0.2, -0.15) is 0 Å². The molecule has 0 aromatic heterocycles. The maximum Gasteiger partial charge on any atom is 0.161 e. The summed E-state index contributed by atoms with van der Waals surface area (Å²) >= 11 is 0. The SMILES string of the molecule is CNC(CCC(C)(C)OC)c1ccc(OC)c(OC)c1. The summed E-state index contributed by atoms with van der Waals surface area (Å²) in [5.41, 5.74) is 1.09. The van der Waals surface area contributed by atoms with Crippen LogP contribution in [0.1, 0.15) is 38.3 Å². The molecule has 0 radical (unpaired) electrons. The summed E-state index contributed by atoms with van der Waals surface area (Å²) in [4.78, 5) is 0. The normalized spacial score (nSPS) is 13.1. The van der Waals surface area contributed by atoms with Crippen LogP contribution in [0.25, 0.3) is 0 Å². The molecule has 0 aliphatic heterocycles. The molecule has 1 N–H and O–H groups in total. The van der Waals surface area contributed by atoms with E-state index in [2.05, 4.69) is 25.2 Å². The van der Waals surface area contributed by atoms with E-state index in [-0.39, 0.29) is 11.6 Å². The van der Waals surface area contributed by atoms with Crippen molar-refractivity contribution in [3.05, 3.63) is 23.8 Å². The number of nitrogens with one attached hydrogen (secondary N) is 1. The van der Waals surface area contributed by atoms with E-state index in [1.54, 1.807) is 21.3 Å². The predicted molar refractivity (Wildman–Crippen MR) is 81.7 cm³/mol. The van der Waals surface area contributed by atoms with E-state index in [9.17, 15) is 0 Å². The van der Waals surface area contributed by atoms with E-state index in [1.165, 1.54) is 5.56 Å². The molecule has 1 aromatic carbocycles. The Morgan fingerprint density at radius 1 is 1.10 bits per heavy atom. The molecule has 0 aliphatic carbocycles. The number of methoxy groups -OCH3 is 3. The van der Waals surface area contributed by atoms with Crippen molar-refractivity contribution >= 4 is 0 Å². The van der Waals surface area contributed by atoms with E-state index < -0.39 is 0 Å². The molecular weight excluding hydrogens is 254 g/mol. The van der Waals surface area contributed by atoms with Crippen LogP contribution in [0, 0.1) is 0 Å². The summed E-state index contributed by atoms with van der Waals surface area (Å²) in [6.45, 7) is 4.21. The van der Waals surface area contributed by atoms with Crippen molar-refractivity contribution in [3.8, 4) is 11.5 Å². The van der Waals surface area contributed by atoms with Crippen molar-refractivity contribution < 1.29 is 14.2 Å². The van der Waals surface area contributed by atoms with E-state index in [1.807, 2.05) is 19.2 Å². The zero-order chi connectivity index (χ0) is 15.2. The maximum atomic E-state index is 5.48. The Morgan fingerprint density at radius 2 is 1.75 bits per heavy atom.